The number of nitrogens with one attached hydrogen (secondary N) is 1. The molecule has 0 saturated carbocycles. The van der Waals surface area contributed by atoms with Gasteiger partial charge < -0.3 is 15.0 Å². The van der Waals surface area contributed by atoms with Gasteiger partial charge in [0.25, 0.3) is 0 Å². The summed E-state index contributed by atoms with van der Waals surface area (Å²) in [5.41, 5.74) is 2.46. The van der Waals surface area contributed by atoms with E-state index in [2.05, 4.69) is 18.0 Å². The van der Waals surface area contributed by atoms with E-state index in [0.29, 0.717) is 39.0 Å². The van der Waals surface area contributed by atoms with Crippen LogP contribution in [-0.2, 0) is 27.3 Å². The Labute approximate surface area is 184 Å². The van der Waals surface area contributed by atoms with Crippen molar-refractivity contribution in [3.8, 4) is 0 Å². The van der Waals surface area contributed by atoms with Crippen molar-refractivity contribution in [3.63, 3.8) is 0 Å². The minimum absolute atomic E-state index is 0.0267. The second kappa shape index (κ2) is 9.54. The van der Waals surface area contributed by atoms with Gasteiger partial charge in [0.1, 0.15) is 5.60 Å². The number of piperidine rings is 1. The van der Waals surface area contributed by atoms with E-state index in [1.165, 1.54) is 6.08 Å². The number of carbonyl (C=O) groups is 3. The Morgan fingerprint density at radius 3 is 2.55 bits per heavy atom. The van der Waals surface area contributed by atoms with E-state index in [0.717, 1.165) is 29.7 Å². The summed E-state index contributed by atoms with van der Waals surface area (Å²) in [6.45, 7) is 11.4. The molecule has 0 atom stereocenters. The molecule has 0 radical (unpaired) electrons. The summed E-state index contributed by atoms with van der Waals surface area (Å²) >= 11 is 0. The van der Waals surface area contributed by atoms with Gasteiger partial charge in [-0.15, -0.1) is 0 Å². The normalized spacial score (nSPS) is 17.0. The smallest absolute Gasteiger partial charge is 0.414 e. The Bertz CT molecular complexity index is 851. The van der Waals surface area contributed by atoms with E-state index in [1.54, 1.807) is 9.80 Å². The average Bonchev–Trinajstić information content (AvgIpc) is 2.75. The summed E-state index contributed by atoms with van der Waals surface area (Å²) in [5, 5.41) is 3.03. The van der Waals surface area contributed by atoms with Crippen LogP contribution in [-0.4, -0.2) is 48.0 Å². The highest BCUT2D eigenvalue weighted by atomic mass is 16.6. The maximum atomic E-state index is 12.6. The number of aryl methyl sites for hydroxylation is 1. The molecule has 3 rings (SSSR count). The summed E-state index contributed by atoms with van der Waals surface area (Å²) in [4.78, 5) is 40.2. The Hall–Kier alpha value is -2.83. The number of fused-ring (bicyclic) bond motifs is 1. The van der Waals surface area contributed by atoms with Gasteiger partial charge in [-0.25, -0.2) is 4.79 Å². The van der Waals surface area contributed by atoms with Crippen LogP contribution in [0.3, 0.4) is 0 Å². The van der Waals surface area contributed by atoms with Gasteiger partial charge in [0.15, 0.2) is 0 Å². The first-order valence-electron chi connectivity index (χ1n) is 11.0. The third-order valence-corrected chi connectivity index (χ3v) is 5.70. The summed E-state index contributed by atoms with van der Waals surface area (Å²) in [7, 11) is 0. The van der Waals surface area contributed by atoms with Crippen molar-refractivity contribution >= 4 is 23.6 Å². The molecule has 1 saturated heterocycles. The van der Waals surface area contributed by atoms with Crippen LogP contribution in [0.15, 0.2) is 30.9 Å². The van der Waals surface area contributed by atoms with Gasteiger partial charge in [-0.05, 0) is 69.7 Å². The van der Waals surface area contributed by atoms with E-state index < -0.39 is 5.60 Å². The van der Waals surface area contributed by atoms with Crippen LogP contribution in [0.25, 0.3) is 0 Å². The molecule has 7 nitrogen and oxygen atoms in total. The highest BCUT2D eigenvalue weighted by Gasteiger charge is 2.28. The minimum Gasteiger partial charge on any atom is -0.443 e. The predicted molar refractivity (Wildman–Crippen MR) is 120 cm³/mol. The first kappa shape index (κ1) is 22.8. The number of hydrogen-bond acceptors (Lipinski definition) is 4. The molecular formula is C24H33N3O4. The van der Waals surface area contributed by atoms with Crippen LogP contribution in [0.2, 0.25) is 0 Å². The third-order valence-electron chi connectivity index (χ3n) is 5.70. The highest BCUT2D eigenvalue weighted by molar-refractivity contribution is 5.89. The largest absolute Gasteiger partial charge is 0.443 e. The topological polar surface area (TPSA) is 79.0 Å². The molecule has 0 aliphatic carbocycles. The lowest BCUT2D eigenvalue weighted by Crippen LogP contribution is -2.42. The number of ether oxygens (including phenoxy) is 1. The number of likely N-dealkylation sites (tertiary alicyclic amines) is 1. The van der Waals surface area contributed by atoms with Gasteiger partial charge in [0, 0.05) is 32.1 Å². The maximum absolute atomic E-state index is 12.6. The Morgan fingerprint density at radius 1 is 1.19 bits per heavy atom. The lowest BCUT2D eigenvalue weighted by molar-refractivity contribution is -0.132. The first-order valence-corrected chi connectivity index (χ1v) is 11.0. The zero-order valence-corrected chi connectivity index (χ0v) is 18.8. The fraction of sp³-hybridized carbons (Fsp3) is 0.542. The van der Waals surface area contributed by atoms with Crippen molar-refractivity contribution in [2.24, 2.45) is 5.92 Å². The van der Waals surface area contributed by atoms with E-state index >= 15 is 0 Å². The number of carbonyl (C=O) groups excluding carboxylic acids is 3. The summed E-state index contributed by atoms with van der Waals surface area (Å²) in [5.74, 6) is -0.124. The number of hydrogen-bond donors (Lipinski definition) is 1. The van der Waals surface area contributed by atoms with Crippen molar-refractivity contribution in [2.45, 2.75) is 58.6 Å². The van der Waals surface area contributed by atoms with Gasteiger partial charge >= 0.3 is 6.09 Å². The van der Waals surface area contributed by atoms with E-state index in [4.69, 9.17) is 4.74 Å². The molecular weight excluding hydrogens is 394 g/mol. The fourth-order valence-corrected chi connectivity index (χ4v) is 4.09. The zero-order valence-electron chi connectivity index (χ0n) is 18.8. The van der Waals surface area contributed by atoms with Gasteiger partial charge in [0.2, 0.25) is 11.8 Å². The fourth-order valence-electron chi connectivity index (χ4n) is 4.09. The van der Waals surface area contributed by atoms with E-state index in [9.17, 15) is 14.4 Å². The molecule has 0 bridgehead atoms. The molecule has 1 aromatic carbocycles. The highest BCUT2D eigenvalue weighted by Crippen LogP contribution is 2.29. The minimum atomic E-state index is -0.534. The van der Waals surface area contributed by atoms with Crippen molar-refractivity contribution in [1.82, 2.24) is 10.2 Å². The van der Waals surface area contributed by atoms with Crippen LogP contribution in [0.1, 0.15) is 51.2 Å². The van der Waals surface area contributed by atoms with Crippen molar-refractivity contribution < 1.29 is 19.1 Å². The van der Waals surface area contributed by atoms with Crippen molar-refractivity contribution in [1.29, 1.82) is 0 Å². The molecule has 7 heteroatoms. The van der Waals surface area contributed by atoms with Crippen LogP contribution in [0, 0.1) is 5.92 Å². The molecule has 31 heavy (non-hydrogen) atoms. The molecule has 0 aromatic heterocycles. The predicted octanol–water partition coefficient (Wildman–Crippen LogP) is 3.42. The van der Waals surface area contributed by atoms with Gasteiger partial charge in [-0.1, -0.05) is 18.7 Å². The average molecular weight is 428 g/mol. The van der Waals surface area contributed by atoms with Crippen LogP contribution >= 0.6 is 0 Å². The monoisotopic (exact) mass is 427 g/mol. The van der Waals surface area contributed by atoms with Crippen LogP contribution < -0.4 is 10.2 Å². The van der Waals surface area contributed by atoms with Crippen LogP contribution in [0.5, 0.6) is 0 Å². The van der Waals surface area contributed by atoms with Gasteiger partial charge in [0.05, 0.1) is 5.69 Å². The number of anilines is 1. The lowest BCUT2D eigenvalue weighted by Gasteiger charge is -2.32. The van der Waals surface area contributed by atoms with Crippen molar-refractivity contribution in [2.75, 3.05) is 24.5 Å². The molecule has 2 aliphatic rings. The maximum Gasteiger partial charge on any atom is 0.414 e. The first-order chi connectivity index (χ1) is 14.7. The third kappa shape index (κ3) is 5.87. The molecule has 1 aromatic rings. The zero-order chi connectivity index (χ0) is 22.6. The molecule has 0 unspecified atom stereocenters. The number of nitrogens with zero attached hydrogens (tertiary/aromatic N) is 2. The van der Waals surface area contributed by atoms with E-state index in [1.807, 2.05) is 32.9 Å². The molecule has 3 amide bonds. The number of benzene rings is 1. The summed E-state index contributed by atoms with van der Waals surface area (Å²) in [6, 6.07) is 5.96. The van der Waals surface area contributed by atoms with Gasteiger partial charge in [-0.2, -0.15) is 0 Å². The molecule has 1 N–H and O–H groups in total. The molecule has 0 spiro atoms. The standard InChI is InChI=1S/C24H33N3O4/c1-5-21(28)26-13-10-18(11-14-26)22(29)25-16-17-8-9-20-19(15-17)7-6-12-27(20)23(30)31-24(2,3)4/h5,8-9,15,18H,1,6-7,10-14,16H2,2-4H3,(H,25,29). The number of amides is 3. The quantitative estimate of drug-likeness (QED) is 0.747. The molecule has 2 aliphatic heterocycles. The van der Waals surface area contributed by atoms with Crippen molar-refractivity contribution in [3.05, 3.63) is 42.0 Å². The van der Waals surface area contributed by atoms with Gasteiger partial charge in [-0.3, -0.25) is 14.5 Å². The molecule has 2 heterocycles. The molecule has 168 valence electrons. The Balaban J connectivity index is 1.57. The second-order valence-electron chi connectivity index (χ2n) is 9.22. The summed E-state index contributed by atoms with van der Waals surface area (Å²) in [6.07, 6.45) is 4.10. The van der Waals surface area contributed by atoms with E-state index in [-0.39, 0.29) is 23.8 Å². The Morgan fingerprint density at radius 2 is 1.90 bits per heavy atom. The lowest BCUT2D eigenvalue weighted by atomic mass is 9.95. The number of rotatable bonds is 4. The SMILES string of the molecule is C=CC(=O)N1CCC(C(=O)NCc2ccc3c(c2)CCCN3C(=O)OC(C)(C)C)CC1. The second-order valence-corrected chi connectivity index (χ2v) is 9.22. The molecule has 1 fully saturated rings. The summed E-state index contributed by atoms with van der Waals surface area (Å²) < 4.78 is 5.54. The van der Waals surface area contributed by atoms with Crippen LogP contribution in [0.4, 0.5) is 10.5 Å². The Kier molecular flexibility index (Phi) is 7.03.